The third-order valence-corrected chi connectivity index (χ3v) is 4.79. The van der Waals surface area contributed by atoms with Crippen LogP contribution in [0.3, 0.4) is 0 Å². The van der Waals surface area contributed by atoms with E-state index in [1.165, 1.54) is 16.0 Å². The highest BCUT2D eigenvalue weighted by molar-refractivity contribution is 5.97. The van der Waals surface area contributed by atoms with Crippen LogP contribution in [-0.4, -0.2) is 77.0 Å². The van der Waals surface area contributed by atoms with Gasteiger partial charge in [0.05, 0.1) is 6.61 Å². The molecular weight excluding hydrogens is 294 g/mol. The van der Waals surface area contributed by atoms with E-state index in [9.17, 15) is 14.7 Å². The molecule has 3 rings (SSSR count). The molecule has 0 bridgehead atoms. The summed E-state index contributed by atoms with van der Waals surface area (Å²) in [5, 5.41) is 9.36. The second-order valence-corrected chi connectivity index (χ2v) is 6.42. The van der Waals surface area contributed by atoms with Crippen molar-refractivity contribution >= 4 is 11.8 Å². The Labute approximate surface area is 136 Å². The third-order valence-electron chi connectivity index (χ3n) is 4.79. The lowest BCUT2D eigenvalue weighted by atomic mass is 10.0. The SMILES string of the molecule is Cc1cccc(CN2CCN3C(=O)[C@H](CO)N(C)C(=O)[C@H]3C2)c1. The van der Waals surface area contributed by atoms with Crippen molar-refractivity contribution in [1.29, 1.82) is 0 Å². The van der Waals surface area contributed by atoms with Gasteiger partial charge in [-0.2, -0.15) is 0 Å². The molecule has 0 aromatic heterocycles. The van der Waals surface area contributed by atoms with Crippen LogP contribution in [0.15, 0.2) is 24.3 Å². The number of aliphatic hydroxyl groups excluding tert-OH is 1. The maximum Gasteiger partial charge on any atom is 0.248 e. The summed E-state index contributed by atoms with van der Waals surface area (Å²) in [6.45, 7) is 4.34. The van der Waals surface area contributed by atoms with Crippen LogP contribution < -0.4 is 0 Å². The molecule has 2 aliphatic heterocycles. The third kappa shape index (κ3) is 2.96. The summed E-state index contributed by atoms with van der Waals surface area (Å²) in [5.74, 6) is -0.229. The molecule has 2 atom stereocenters. The molecule has 1 aromatic rings. The maximum absolute atomic E-state index is 12.5. The Hall–Kier alpha value is -1.92. The van der Waals surface area contributed by atoms with E-state index < -0.39 is 12.1 Å². The molecule has 0 unspecified atom stereocenters. The lowest BCUT2D eigenvalue weighted by molar-refractivity contribution is -0.165. The molecule has 0 aliphatic carbocycles. The molecule has 6 nitrogen and oxygen atoms in total. The van der Waals surface area contributed by atoms with Gasteiger partial charge in [-0.05, 0) is 12.5 Å². The van der Waals surface area contributed by atoms with Gasteiger partial charge in [-0.15, -0.1) is 0 Å². The minimum absolute atomic E-state index is 0.0856. The molecule has 124 valence electrons. The van der Waals surface area contributed by atoms with Crippen LogP contribution in [0, 0.1) is 6.92 Å². The number of nitrogens with zero attached hydrogens (tertiary/aromatic N) is 3. The zero-order valence-corrected chi connectivity index (χ0v) is 13.6. The van der Waals surface area contributed by atoms with Crippen molar-refractivity contribution in [2.45, 2.75) is 25.6 Å². The van der Waals surface area contributed by atoms with Gasteiger partial charge >= 0.3 is 0 Å². The average molecular weight is 317 g/mol. The molecule has 1 aromatic carbocycles. The molecule has 1 N–H and O–H groups in total. The number of carbonyl (C=O) groups excluding carboxylic acids is 2. The van der Waals surface area contributed by atoms with Crippen molar-refractivity contribution in [3.63, 3.8) is 0 Å². The van der Waals surface area contributed by atoms with Crippen molar-refractivity contribution < 1.29 is 14.7 Å². The Morgan fingerprint density at radius 2 is 2.00 bits per heavy atom. The number of aryl methyl sites for hydroxylation is 1. The number of benzene rings is 1. The molecule has 2 aliphatic rings. The van der Waals surface area contributed by atoms with E-state index in [2.05, 4.69) is 30.0 Å². The summed E-state index contributed by atoms with van der Waals surface area (Å²) < 4.78 is 0. The summed E-state index contributed by atoms with van der Waals surface area (Å²) in [4.78, 5) is 30.2. The van der Waals surface area contributed by atoms with Gasteiger partial charge in [0.15, 0.2) is 0 Å². The van der Waals surface area contributed by atoms with Gasteiger partial charge in [-0.25, -0.2) is 0 Å². The Balaban J connectivity index is 1.72. The molecular formula is C17H23N3O3. The molecule has 2 heterocycles. The minimum Gasteiger partial charge on any atom is -0.394 e. The van der Waals surface area contributed by atoms with Crippen LogP contribution in [-0.2, 0) is 16.1 Å². The Morgan fingerprint density at radius 3 is 2.70 bits per heavy atom. The first-order valence-corrected chi connectivity index (χ1v) is 7.97. The zero-order valence-electron chi connectivity index (χ0n) is 13.6. The number of piperazine rings is 2. The van der Waals surface area contributed by atoms with Crippen molar-refractivity contribution in [3.05, 3.63) is 35.4 Å². The number of hydrogen-bond donors (Lipinski definition) is 1. The number of amides is 2. The van der Waals surface area contributed by atoms with Gasteiger partial charge in [0, 0.05) is 33.2 Å². The van der Waals surface area contributed by atoms with Gasteiger partial charge in [-0.1, -0.05) is 29.8 Å². The first kappa shape index (κ1) is 16.0. The van der Waals surface area contributed by atoms with Crippen LogP contribution in [0.4, 0.5) is 0 Å². The Kier molecular flexibility index (Phi) is 4.37. The highest BCUT2D eigenvalue weighted by Gasteiger charge is 2.46. The van der Waals surface area contributed by atoms with Gasteiger partial charge in [0.25, 0.3) is 0 Å². The molecule has 2 fully saturated rings. The molecule has 2 saturated heterocycles. The van der Waals surface area contributed by atoms with Crippen LogP contribution in [0.1, 0.15) is 11.1 Å². The van der Waals surface area contributed by atoms with Crippen LogP contribution >= 0.6 is 0 Å². The van der Waals surface area contributed by atoms with E-state index in [1.54, 1.807) is 11.9 Å². The number of likely N-dealkylation sites (N-methyl/N-ethyl adjacent to an activating group) is 1. The topological polar surface area (TPSA) is 64.1 Å². The average Bonchev–Trinajstić information content (AvgIpc) is 2.53. The maximum atomic E-state index is 12.5. The standard InChI is InChI=1S/C17H23N3O3/c1-12-4-3-5-13(8-12)9-19-6-7-20-14(10-19)16(22)18(2)15(11-21)17(20)23/h3-5,8,14-15,21H,6-7,9-11H2,1-2H3/t14-,15+/m1/s1. The van der Waals surface area contributed by atoms with E-state index in [-0.39, 0.29) is 18.4 Å². The summed E-state index contributed by atoms with van der Waals surface area (Å²) in [6, 6.07) is 7.16. The molecule has 0 spiro atoms. The smallest absolute Gasteiger partial charge is 0.248 e. The van der Waals surface area contributed by atoms with Crippen molar-refractivity contribution in [3.8, 4) is 0 Å². The molecule has 2 amide bonds. The highest BCUT2D eigenvalue weighted by Crippen LogP contribution is 2.22. The fraction of sp³-hybridized carbons (Fsp3) is 0.529. The second kappa shape index (κ2) is 6.29. The van der Waals surface area contributed by atoms with Crippen LogP contribution in [0.25, 0.3) is 0 Å². The van der Waals surface area contributed by atoms with E-state index in [0.29, 0.717) is 13.1 Å². The van der Waals surface area contributed by atoms with Crippen molar-refractivity contribution in [1.82, 2.24) is 14.7 Å². The molecule has 0 radical (unpaired) electrons. The highest BCUT2D eigenvalue weighted by atomic mass is 16.3. The monoisotopic (exact) mass is 317 g/mol. The number of rotatable bonds is 3. The lowest BCUT2D eigenvalue weighted by Crippen LogP contribution is -2.69. The summed E-state index contributed by atoms with van der Waals surface area (Å²) in [7, 11) is 1.60. The minimum atomic E-state index is -0.734. The van der Waals surface area contributed by atoms with Gasteiger partial charge in [-0.3, -0.25) is 14.5 Å². The van der Waals surface area contributed by atoms with E-state index in [1.807, 2.05) is 6.07 Å². The van der Waals surface area contributed by atoms with Gasteiger partial charge in [0.2, 0.25) is 11.8 Å². The van der Waals surface area contributed by atoms with Crippen LogP contribution in [0.5, 0.6) is 0 Å². The quantitative estimate of drug-likeness (QED) is 0.841. The largest absolute Gasteiger partial charge is 0.394 e. The Bertz CT molecular complexity index is 619. The van der Waals surface area contributed by atoms with E-state index in [4.69, 9.17) is 0 Å². The summed E-state index contributed by atoms with van der Waals surface area (Å²) in [6.07, 6.45) is 0. The fourth-order valence-electron chi connectivity index (χ4n) is 3.47. The van der Waals surface area contributed by atoms with Crippen LogP contribution in [0.2, 0.25) is 0 Å². The number of fused-ring (bicyclic) bond motifs is 1. The summed E-state index contributed by atoms with van der Waals surface area (Å²) >= 11 is 0. The van der Waals surface area contributed by atoms with E-state index >= 15 is 0 Å². The fourth-order valence-corrected chi connectivity index (χ4v) is 3.47. The van der Waals surface area contributed by atoms with Crippen molar-refractivity contribution in [2.24, 2.45) is 0 Å². The number of aliphatic hydroxyl groups is 1. The van der Waals surface area contributed by atoms with E-state index in [0.717, 1.165) is 13.1 Å². The molecule has 6 heteroatoms. The lowest BCUT2D eigenvalue weighted by Gasteiger charge is -2.48. The number of carbonyl (C=O) groups is 2. The normalized spacial score (nSPS) is 25.7. The predicted octanol–water partition coefficient (Wildman–Crippen LogP) is -0.159. The second-order valence-electron chi connectivity index (χ2n) is 6.42. The Morgan fingerprint density at radius 1 is 1.22 bits per heavy atom. The first-order valence-electron chi connectivity index (χ1n) is 7.97. The van der Waals surface area contributed by atoms with Gasteiger partial charge in [0.1, 0.15) is 12.1 Å². The van der Waals surface area contributed by atoms with Crippen molar-refractivity contribution in [2.75, 3.05) is 33.3 Å². The van der Waals surface area contributed by atoms with Gasteiger partial charge < -0.3 is 14.9 Å². The molecule has 0 saturated carbocycles. The molecule has 23 heavy (non-hydrogen) atoms. The zero-order chi connectivity index (χ0) is 16.6. The predicted molar refractivity (Wildman–Crippen MR) is 85.6 cm³/mol. The number of hydrogen-bond acceptors (Lipinski definition) is 4. The summed E-state index contributed by atoms with van der Waals surface area (Å²) in [5.41, 5.74) is 2.44. The first-order chi connectivity index (χ1) is 11.0.